The lowest BCUT2D eigenvalue weighted by atomic mass is 10.1. The first-order valence-corrected chi connectivity index (χ1v) is 3.08. The molecule has 10 heavy (non-hydrogen) atoms. The first-order valence-electron chi connectivity index (χ1n) is 3.08. The second kappa shape index (κ2) is 2.49. The normalized spacial score (nSPS) is 8.90. The van der Waals surface area contributed by atoms with Gasteiger partial charge in [0.1, 0.15) is 11.8 Å². The van der Waals surface area contributed by atoms with Crippen molar-refractivity contribution >= 4 is 0 Å². The molecule has 1 heterocycles. The third kappa shape index (κ3) is 0.985. The van der Waals surface area contributed by atoms with Crippen LogP contribution in [0.3, 0.4) is 0 Å². The molecule has 0 atom stereocenters. The molecule has 0 unspecified atom stereocenters. The number of hydrogen-bond acceptors (Lipinski definition) is 2. The molecule has 0 aromatic carbocycles. The van der Waals surface area contributed by atoms with E-state index in [1.54, 1.807) is 6.20 Å². The summed E-state index contributed by atoms with van der Waals surface area (Å²) >= 11 is 0. The monoisotopic (exact) mass is 132 g/mol. The van der Waals surface area contributed by atoms with Gasteiger partial charge in [0.25, 0.3) is 0 Å². The van der Waals surface area contributed by atoms with Gasteiger partial charge in [0.2, 0.25) is 0 Å². The molecule has 0 aliphatic heterocycles. The lowest BCUT2D eigenvalue weighted by Gasteiger charge is -1.97. The fourth-order valence-corrected chi connectivity index (χ4v) is 0.745. The average molecular weight is 132 g/mol. The van der Waals surface area contributed by atoms with Crippen molar-refractivity contribution in [3.8, 4) is 6.07 Å². The average Bonchev–Trinajstić information content (AvgIpc) is 1.95. The number of aromatic nitrogens is 1. The minimum absolute atomic E-state index is 0.528. The lowest BCUT2D eigenvalue weighted by molar-refractivity contribution is 1.17. The van der Waals surface area contributed by atoms with E-state index >= 15 is 0 Å². The van der Waals surface area contributed by atoms with E-state index in [9.17, 15) is 0 Å². The maximum absolute atomic E-state index is 8.53. The Morgan fingerprint density at radius 1 is 1.50 bits per heavy atom. The summed E-state index contributed by atoms with van der Waals surface area (Å²) in [4.78, 5) is 3.90. The Morgan fingerprint density at radius 2 is 2.20 bits per heavy atom. The van der Waals surface area contributed by atoms with Gasteiger partial charge in [-0.2, -0.15) is 5.26 Å². The van der Waals surface area contributed by atoms with E-state index in [2.05, 4.69) is 4.98 Å². The molecule has 0 aliphatic rings. The maximum atomic E-state index is 8.53. The van der Waals surface area contributed by atoms with Crippen LogP contribution in [0, 0.1) is 25.2 Å². The topological polar surface area (TPSA) is 36.7 Å². The molecule has 2 nitrogen and oxygen atoms in total. The van der Waals surface area contributed by atoms with Gasteiger partial charge in [-0.05, 0) is 31.0 Å². The van der Waals surface area contributed by atoms with Gasteiger partial charge in [-0.3, -0.25) is 0 Å². The predicted octanol–water partition coefficient (Wildman–Crippen LogP) is 1.57. The number of hydrogen-bond donors (Lipinski definition) is 0. The summed E-state index contributed by atoms with van der Waals surface area (Å²) in [6.07, 6.45) is 1.65. The molecule has 50 valence electrons. The van der Waals surface area contributed by atoms with E-state index in [4.69, 9.17) is 5.26 Å². The lowest BCUT2D eigenvalue weighted by Crippen LogP contribution is -1.89. The van der Waals surface area contributed by atoms with E-state index in [0.29, 0.717) is 5.69 Å². The third-order valence-electron chi connectivity index (χ3n) is 1.58. The molecule has 0 aliphatic carbocycles. The van der Waals surface area contributed by atoms with Gasteiger partial charge in [0, 0.05) is 6.20 Å². The van der Waals surface area contributed by atoms with Crippen molar-refractivity contribution in [1.82, 2.24) is 4.98 Å². The van der Waals surface area contributed by atoms with Gasteiger partial charge in [-0.25, -0.2) is 4.98 Å². The molecule has 0 radical (unpaired) electrons. The number of aryl methyl sites for hydroxylation is 1. The Kier molecular flexibility index (Phi) is 1.68. The van der Waals surface area contributed by atoms with Gasteiger partial charge in [-0.1, -0.05) is 0 Å². The number of rotatable bonds is 0. The Morgan fingerprint density at radius 3 is 2.70 bits per heavy atom. The molecular formula is C8H8N2. The Hall–Kier alpha value is -1.36. The summed E-state index contributed by atoms with van der Waals surface area (Å²) in [6.45, 7) is 3.87. The highest BCUT2D eigenvalue weighted by molar-refractivity contribution is 5.34. The Bertz CT molecular complexity index is 284. The van der Waals surface area contributed by atoms with Gasteiger partial charge >= 0.3 is 0 Å². The molecule has 2 heteroatoms. The molecule has 0 amide bonds. The fourth-order valence-electron chi connectivity index (χ4n) is 0.745. The summed E-state index contributed by atoms with van der Waals surface area (Å²) in [5, 5.41) is 8.53. The van der Waals surface area contributed by atoms with Crippen molar-refractivity contribution in [2.24, 2.45) is 0 Å². The minimum Gasteiger partial charge on any atom is -0.245 e. The number of nitriles is 1. The standard InChI is InChI=1S/C8H8N2/c1-6-3-4-10-8(5-9)7(6)2/h3-4H,1-2H3. The van der Waals surface area contributed by atoms with Crippen LogP contribution < -0.4 is 0 Å². The molecule has 1 rings (SSSR count). The van der Waals surface area contributed by atoms with Crippen LogP contribution in [0.2, 0.25) is 0 Å². The van der Waals surface area contributed by atoms with Crippen molar-refractivity contribution < 1.29 is 0 Å². The summed E-state index contributed by atoms with van der Waals surface area (Å²) in [6, 6.07) is 3.92. The summed E-state index contributed by atoms with van der Waals surface area (Å²) < 4.78 is 0. The van der Waals surface area contributed by atoms with E-state index in [0.717, 1.165) is 11.1 Å². The van der Waals surface area contributed by atoms with Crippen LogP contribution in [0.5, 0.6) is 0 Å². The van der Waals surface area contributed by atoms with Gasteiger partial charge in [0.15, 0.2) is 0 Å². The molecule has 1 aromatic heterocycles. The van der Waals surface area contributed by atoms with Crippen LogP contribution in [0.15, 0.2) is 12.3 Å². The van der Waals surface area contributed by atoms with E-state index in [1.807, 2.05) is 26.0 Å². The molecule has 0 bridgehead atoms. The smallest absolute Gasteiger partial charge is 0.143 e. The van der Waals surface area contributed by atoms with Gasteiger partial charge in [-0.15, -0.1) is 0 Å². The van der Waals surface area contributed by atoms with Crippen molar-refractivity contribution in [2.75, 3.05) is 0 Å². The van der Waals surface area contributed by atoms with Crippen LogP contribution >= 0.6 is 0 Å². The van der Waals surface area contributed by atoms with Crippen LogP contribution in [0.1, 0.15) is 16.8 Å². The Labute approximate surface area is 60.1 Å². The molecule has 0 saturated heterocycles. The quantitative estimate of drug-likeness (QED) is 0.537. The predicted molar refractivity (Wildman–Crippen MR) is 38.4 cm³/mol. The van der Waals surface area contributed by atoms with Crippen LogP contribution in [0.4, 0.5) is 0 Å². The third-order valence-corrected chi connectivity index (χ3v) is 1.58. The van der Waals surface area contributed by atoms with Gasteiger partial charge < -0.3 is 0 Å². The van der Waals surface area contributed by atoms with E-state index in [-0.39, 0.29) is 0 Å². The zero-order chi connectivity index (χ0) is 7.56. The zero-order valence-electron chi connectivity index (χ0n) is 6.05. The van der Waals surface area contributed by atoms with Crippen LogP contribution in [-0.2, 0) is 0 Å². The summed E-state index contributed by atoms with van der Waals surface area (Å²) in [5.41, 5.74) is 2.62. The second-order valence-electron chi connectivity index (χ2n) is 2.21. The fraction of sp³-hybridized carbons (Fsp3) is 0.250. The molecular weight excluding hydrogens is 124 g/mol. The van der Waals surface area contributed by atoms with Gasteiger partial charge in [0.05, 0.1) is 0 Å². The Balaban J connectivity index is 3.31. The van der Waals surface area contributed by atoms with E-state index < -0.39 is 0 Å². The summed E-state index contributed by atoms with van der Waals surface area (Å²) in [5.74, 6) is 0. The molecule has 1 aromatic rings. The number of nitrogens with zero attached hydrogens (tertiary/aromatic N) is 2. The highest BCUT2D eigenvalue weighted by Crippen LogP contribution is 2.07. The zero-order valence-corrected chi connectivity index (χ0v) is 6.05. The SMILES string of the molecule is Cc1ccnc(C#N)c1C. The highest BCUT2D eigenvalue weighted by atomic mass is 14.7. The van der Waals surface area contributed by atoms with E-state index in [1.165, 1.54) is 0 Å². The molecule has 0 spiro atoms. The van der Waals surface area contributed by atoms with Crippen molar-refractivity contribution in [1.29, 1.82) is 5.26 Å². The molecule has 0 N–H and O–H groups in total. The van der Waals surface area contributed by atoms with Crippen LogP contribution in [0.25, 0.3) is 0 Å². The van der Waals surface area contributed by atoms with Crippen molar-refractivity contribution in [2.45, 2.75) is 13.8 Å². The maximum Gasteiger partial charge on any atom is 0.143 e. The second-order valence-corrected chi connectivity index (χ2v) is 2.21. The largest absolute Gasteiger partial charge is 0.245 e. The van der Waals surface area contributed by atoms with Crippen molar-refractivity contribution in [3.05, 3.63) is 29.1 Å². The first kappa shape index (κ1) is 6.76. The molecule has 0 saturated carbocycles. The number of pyridine rings is 1. The summed E-state index contributed by atoms with van der Waals surface area (Å²) in [7, 11) is 0. The van der Waals surface area contributed by atoms with Crippen molar-refractivity contribution in [3.63, 3.8) is 0 Å². The first-order chi connectivity index (χ1) is 4.75. The minimum atomic E-state index is 0.528. The highest BCUT2D eigenvalue weighted by Gasteiger charge is 1.98. The molecule has 0 fully saturated rings. The van der Waals surface area contributed by atoms with Crippen LogP contribution in [-0.4, -0.2) is 4.98 Å².